The maximum atomic E-state index is 13.0. The highest BCUT2D eigenvalue weighted by molar-refractivity contribution is 7.89. The Balaban J connectivity index is 1.54. The second-order valence-electron chi connectivity index (χ2n) is 6.70. The lowest BCUT2D eigenvalue weighted by molar-refractivity contribution is -0.123. The molecule has 2 amide bonds. The first-order valence-electron chi connectivity index (χ1n) is 9.55. The van der Waals surface area contributed by atoms with E-state index in [0.717, 1.165) is 17.7 Å². The summed E-state index contributed by atoms with van der Waals surface area (Å²) in [7, 11) is -3.87. The van der Waals surface area contributed by atoms with E-state index in [4.69, 9.17) is 16.3 Å². The Morgan fingerprint density at radius 3 is 2.42 bits per heavy atom. The summed E-state index contributed by atoms with van der Waals surface area (Å²) in [5.74, 6) is -1.90. The zero-order valence-corrected chi connectivity index (χ0v) is 18.6. The van der Waals surface area contributed by atoms with Crippen molar-refractivity contribution in [2.45, 2.75) is 11.4 Å². The van der Waals surface area contributed by atoms with Crippen molar-refractivity contribution in [1.82, 2.24) is 15.6 Å². The zero-order valence-electron chi connectivity index (χ0n) is 17.0. The summed E-state index contributed by atoms with van der Waals surface area (Å²) in [6.07, 6.45) is 0. The Bertz CT molecular complexity index is 1260. The van der Waals surface area contributed by atoms with E-state index in [1.807, 2.05) is 6.07 Å². The fraction of sp³-hybridized carbons (Fsp3) is 0.0909. The van der Waals surface area contributed by atoms with Crippen LogP contribution in [0.25, 0.3) is 0 Å². The molecule has 0 unspecified atom stereocenters. The summed E-state index contributed by atoms with van der Waals surface area (Å²) in [4.78, 5) is 24.1. The summed E-state index contributed by atoms with van der Waals surface area (Å²) in [6, 6.07) is 17.7. The van der Waals surface area contributed by atoms with E-state index < -0.39 is 34.3 Å². The first kappa shape index (κ1) is 24.2. The number of hydrogen-bond acceptors (Lipinski definition) is 5. The Morgan fingerprint density at radius 2 is 1.70 bits per heavy atom. The van der Waals surface area contributed by atoms with Gasteiger partial charge in [-0.3, -0.25) is 20.4 Å². The molecule has 0 radical (unpaired) electrons. The van der Waals surface area contributed by atoms with Crippen molar-refractivity contribution < 1.29 is 27.1 Å². The predicted octanol–water partition coefficient (Wildman–Crippen LogP) is 2.80. The van der Waals surface area contributed by atoms with Crippen LogP contribution in [0.1, 0.15) is 15.9 Å². The Labute approximate surface area is 194 Å². The van der Waals surface area contributed by atoms with Crippen LogP contribution in [-0.4, -0.2) is 26.8 Å². The maximum Gasteiger partial charge on any atom is 0.276 e. The maximum absolute atomic E-state index is 13.0. The van der Waals surface area contributed by atoms with Gasteiger partial charge in [-0.2, -0.15) is 0 Å². The third-order valence-electron chi connectivity index (χ3n) is 4.28. The highest BCUT2D eigenvalue weighted by Crippen LogP contribution is 2.24. The van der Waals surface area contributed by atoms with Gasteiger partial charge >= 0.3 is 0 Å². The standard InChI is InChI=1S/C22H19ClFN3O5S/c23-19-12-17(24)9-10-20(19)32-14-21(28)26-27-22(29)16-7-4-8-18(11-16)33(30,31)25-13-15-5-2-1-3-6-15/h1-12,25H,13-14H2,(H,26,28)(H,27,29). The van der Waals surface area contributed by atoms with Gasteiger partial charge in [0.15, 0.2) is 6.61 Å². The van der Waals surface area contributed by atoms with E-state index in [-0.39, 0.29) is 27.8 Å². The van der Waals surface area contributed by atoms with Crippen LogP contribution in [0.3, 0.4) is 0 Å². The highest BCUT2D eigenvalue weighted by atomic mass is 35.5. The molecule has 0 spiro atoms. The molecule has 0 aliphatic carbocycles. The summed E-state index contributed by atoms with van der Waals surface area (Å²) < 4.78 is 45.8. The van der Waals surface area contributed by atoms with Crippen molar-refractivity contribution >= 4 is 33.4 Å². The number of benzene rings is 3. The molecule has 3 N–H and O–H groups in total. The lowest BCUT2D eigenvalue weighted by Gasteiger charge is -2.11. The molecule has 0 atom stereocenters. The molecule has 3 aromatic rings. The van der Waals surface area contributed by atoms with Crippen LogP contribution in [0.2, 0.25) is 5.02 Å². The van der Waals surface area contributed by atoms with Gasteiger partial charge in [-0.05, 0) is 42.0 Å². The number of sulfonamides is 1. The van der Waals surface area contributed by atoms with Gasteiger partial charge in [-0.15, -0.1) is 0 Å². The van der Waals surface area contributed by atoms with E-state index in [9.17, 15) is 22.4 Å². The van der Waals surface area contributed by atoms with Crippen molar-refractivity contribution in [2.24, 2.45) is 0 Å². The number of carbonyl (C=O) groups excluding carboxylic acids is 2. The normalized spacial score (nSPS) is 11.0. The van der Waals surface area contributed by atoms with Crippen LogP contribution in [0.4, 0.5) is 4.39 Å². The molecular weight excluding hydrogens is 473 g/mol. The molecule has 172 valence electrons. The average Bonchev–Trinajstić information content (AvgIpc) is 2.81. The molecule has 0 aromatic heterocycles. The van der Waals surface area contributed by atoms with E-state index >= 15 is 0 Å². The Kier molecular flexibility index (Phi) is 7.99. The number of rotatable bonds is 8. The molecule has 3 aromatic carbocycles. The Hall–Kier alpha value is -3.47. The molecule has 0 saturated carbocycles. The quantitative estimate of drug-likeness (QED) is 0.419. The van der Waals surface area contributed by atoms with Gasteiger partial charge in [0.2, 0.25) is 10.0 Å². The number of hydrogen-bond donors (Lipinski definition) is 3. The zero-order chi connectivity index (χ0) is 23.8. The van der Waals surface area contributed by atoms with Crippen LogP contribution in [0, 0.1) is 5.82 Å². The fourth-order valence-corrected chi connectivity index (χ4v) is 3.92. The van der Waals surface area contributed by atoms with Gasteiger partial charge in [0, 0.05) is 12.1 Å². The fourth-order valence-electron chi connectivity index (χ4n) is 2.63. The SMILES string of the molecule is O=C(COc1ccc(F)cc1Cl)NNC(=O)c1cccc(S(=O)(=O)NCc2ccccc2)c1. The van der Waals surface area contributed by atoms with Crippen LogP contribution >= 0.6 is 11.6 Å². The molecule has 0 heterocycles. The predicted molar refractivity (Wildman–Crippen MR) is 119 cm³/mol. The average molecular weight is 492 g/mol. The molecular formula is C22H19ClFN3O5S. The molecule has 0 bridgehead atoms. The van der Waals surface area contributed by atoms with Gasteiger partial charge in [0.25, 0.3) is 11.8 Å². The van der Waals surface area contributed by atoms with Crippen LogP contribution in [0.5, 0.6) is 5.75 Å². The van der Waals surface area contributed by atoms with Crippen LogP contribution in [-0.2, 0) is 21.4 Å². The lowest BCUT2D eigenvalue weighted by Crippen LogP contribution is -2.43. The van der Waals surface area contributed by atoms with E-state index in [1.54, 1.807) is 24.3 Å². The summed E-state index contributed by atoms with van der Waals surface area (Å²) in [5, 5.41) is -0.00858. The van der Waals surface area contributed by atoms with Gasteiger partial charge in [0.05, 0.1) is 9.92 Å². The molecule has 33 heavy (non-hydrogen) atoms. The monoisotopic (exact) mass is 491 g/mol. The second-order valence-corrected chi connectivity index (χ2v) is 8.88. The molecule has 0 aliphatic rings. The van der Waals surface area contributed by atoms with Crippen LogP contribution in [0.15, 0.2) is 77.7 Å². The van der Waals surface area contributed by atoms with Gasteiger partial charge in [-0.25, -0.2) is 17.5 Å². The van der Waals surface area contributed by atoms with E-state index in [0.29, 0.717) is 0 Å². The molecule has 0 aliphatic heterocycles. The topological polar surface area (TPSA) is 114 Å². The minimum Gasteiger partial charge on any atom is -0.482 e. The van der Waals surface area contributed by atoms with E-state index in [2.05, 4.69) is 15.6 Å². The molecule has 0 saturated heterocycles. The molecule has 8 nitrogen and oxygen atoms in total. The number of nitrogens with one attached hydrogen (secondary N) is 3. The number of amides is 2. The number of ether oxygens (including phenoxy) is 1. The first-order valence-corrected chi connectivity index (χ1v) is 11.4. The van der Waals surface area contributed by atoms with Gasteiger partial charge in [0.1, 0.15) is 11.6 Å². The number of hydrazine groups is 1. The van der Waals surface area contributed by atoms with Gasteiger partial charge < -0.3 is 4.74 Å². The minimum atomic E-state index is -3.87. The smallest absolute Gasteiger partial charge is 0.276 e. The van der Waals surface area contributed by atoms with Crippen molar-refractivity contribution in [3.8, 4) is 5.75 Å². The van der Waals surface area contributed by atoms with Crippen molar-refractivity contribution in [3.63, 3.8) is 0 Å². The largest absolute Gasteiger partial charge is 0.482 e. The summed E-state index contributed by atoms with van der Waals surface area (Å²) in [5.41, 5.74) is 5.10. The van der Waals surface area contributed by atoms with Gasteiger partial charge in [-0.1, -0.05) is 48.0 Å². The van der Waals surface area contributed by atoms with Crippen molar-refractivity contribution in [1.29, 1.82) is 0 Å². The second kappa shape index (κ2) is 10.9. The number of halogens is 2. The van der Waals surface area contributed by atoms with Crippen LogP contribution < -0.4 is 20.3 Å². The van der Waals surface area contributed by atoms with Crippen molar-refractivity contribution in [3.05, 3.63) is 94.8 Å². The summed E-state index contributed by atoms with van der Waals surface area (Å²) >= 11 is 5.81. The third-order valence-corrected chi connectivity index (χ3v) is 5.98. The Morgan fingerprint density at radius 1 is 0.939 bits per heavy atom. The molecule has 3 rings (SSSR count). The van der Waals surface area contributed by atoms with E-state index in [1.165, 1.54) is 30.3 Å². The molecule has 0 fully saturated rings. The first-order chi connectivity index (χ1) is 15.7. The minimum absolute atomic E-state index is 0.00858. The molecule has 11 heteroatoms. The number of carbonyl (C=O) groups is 2. The lowest BCUT2D eigenvalue weighted by atomic mass is 10.2. The summed E-state index contributed by atoms with van der Waals surface area (Å²) in [6.45, 7) is -0.406. The third kappa shape index (κ3) is 7.01. The van der Waals surface area contributed by atoms with Crippen molar-refractivity contribution in [2.75, 3.05) is 6.61 Å². The highest BCUT2D eigenvalue weighted by Gasteiger charge is 2.17.